The third kappa shape index (κ3) is 3.83. The maximum atomic E-state index is 13.6. The second-order valence-electron chi connectivity index (χ2n) is 7.05. The molecule has 1 aliphatic rings. The molecule has 0 saturated carbocycles. The maximum Gasteiger partial charge on any atom is 0.300 e. The standard InChI is InChI=1S/C24H16Cl2FNO4/c1-32-19-11-14(7-10-18(19)26)22(29)20-21(13-5-8-16(27)9-6-13)28(24(31)23(20)30)17-4-2-3-15(25)12-17/h2-12,21,29H,1H3/b22-20+. The fraction of sp³-hybridized carbons (Fsp3) is 0.0833. The molecule has 4 rings (SSSR count). The fourth-order valence-corrected chi connectivity index (χ4v) is 4.03. The van der Waals surface area contributed by atoms with Gasteiger partial charge in [-0.25, -0.2) is 4.39 Å². The van der Waals surface area contributed by atoms with E-state index in [4.69, 9.17) is 27.9 Å². The fourth-order valence-electron chi connectivity index (χ4n) is 3.65. The number of rotatable bonds is 4. The van der Waals surface area contributed by atoms with E-state index in [1.165, 1.54) is 60.5 Å². The minimum absolute atomic E-state index is 0.147. The molecule has 1 N–H and O–H groups in total. The molecular formula is C24H16Cl2FNO4. The number of Topliss-reactive ketones (excluding diaryl/α,β-unsaturated/α-hetero) is 1. The molecule has 162 valence electrons. The van der Waals surface area contributed by atoms with E-state index in [1.807, 2.05) is 0 Å². The number of aliphatic hydroxyl groups excluding tert-OH is 1. The lowest BCUT2D eigenvalue weighted by Gasteiger charge is -2.25. The Hall–Kier alpha value is -3.35. The first kappa shape index (κ1) is 21.9. The van der Waals surface area contributed by atoms with Crippen molar-refractivity contribution < 1.29 is 23.8 Å². The van der Waals surface area contributed by atoms with E-state index in [2.05, 4.69) is 0 Å². The topological polar surface area (TPSA) is 66.8 Å². The first-order valence-electron chi connectivity index (χ1n) is 9.47. The second kappa shape index (κ2) is 8.65. The van der Waals surface area contributed by atoms with Crippen molar-refractivity contribution in [3.8, 4) is 5.75 Å². The van der Waals surface area contributed by atoms with Gasteiger partial charge < -0.3 is 9.84 Å². The monoisotopic (exact) mass is 471 g/mol. The van der Waals surface area contributed by atoms with Gasteiger partial charge in [0.05, 0.1) is 23.7 Å². The number of halogens is 3. The van der Waals surface area contributed by atoms with E-state index in [9.17, 15) is 19.1 Å². The van der Waals surface area contributed by atoms with E-state index in [-0.39, 0.29) is 16.9 Å². The number of benzene rings is 3. The van der Waals surface area contributed by atoms with Crippen LogP contribution in [0.4, 0.5) is 10.1 Å². The van der Waals surface area contributed by atoms with Gasteiger partial charge in [0.15, 0.2) is 0 Å². The number of hydrogen-bond donors (Lipinski definition) is 1. The lowest BCUT2D eigenvalue weighted by Crippen LogP contribution is -2.29. The number of carbonyl (C=O) groups excluding carboxylic acids is 2. The molecule has 1 fully saturated rings. The molecule has 3 aromatic rings. The number of ether oxygens (including phenoxy) is 1. The van der Waals surface area contributed by atoms with E-state index in [0.29, 0.717) is 21.3 Å². The highest BCUT2D eigenvalue weighted by atomic mass is 35.5. The average Bonchev–Trinajstić information content (AvgIpc) is 3.05. The maximum absolute atomic E-state index is 13.6. The first-order chi connectivity index (χ1) is 15.3. The van der Waals surface area contributed by atoms with Crippen LogP contribution in [0.3, 0.4) is 0 Å². The summed E-state index contributed by atoms with van der Waals surface area (Å²) in [7, 11) is 1.42. The van der Waals surface area contributed by atoms with Crippen LogP contribution in [0.5, 0.6) is 5.75 Å². The molecule has 1 unspecified atom stereocenters. The summed E-state index contributed by atoms with van der Waals surface area (Å²) in [6.45, 7) is 0. The predicted molar refractivity (Wildman–Crippen MR) is 121 cm³/mol. The Kier molecular flexibility index (Phi) is 5.91. The van der Waals surface area contributed by atoms with Gasteiger partial charge in [0.2, 0.25) is 0 Å². The number of nitrogens with zero attached hydrogens (tertiary/aromatic N) is 1. The smallest absolute Gasteiger partial charge is 0.300 e. The number of hydrogen-bond acceptors (Lipinski definition) is 4. The molecule has 1 heterocycles. The molecule has 3 aromatic carbocycles. The van der Waals surface area contributed by atoms with Crippen molar-refractivity contribution in [3.63, 3.8) is 0 Å². The van der Waals surface area contributed by atoms with Gasteiger partial charge in [0.25, 0.3) is 11.7 Å². The molecule has 1 amide bonds. The summed E-state index contributed by atoms with van der Waals surface area (Å²) in [5, 5.41) is 11.8. The van der Waals surface area contributed by atoms with Gasteiger partial charge in [0.1, 0.15) is 17.3 Å². The molecule has 0 radical (unpaired) electrons. The van der Waals surface area contributed by atoms with Crippen LogP contribution in [0.15, 0.2) is 72.3 Å². The highest BCUT2D eigenvalue weighted by molar-refractivity contribution is 6.51. The predicted octanol–water partition coefficient (Wildman–Crippen LogP) is 5.77. The van der Waals surface area contributed by atoms with Gasteiger partial charge in [-0.3, -0.25) is 14.5 Å². The molecule has 8 heteroatoms. The van der Waals surface area contributed by atoms with Gasteiger partial charge >= 0.3 is 0 Å². The number of amides is 1. The molecule has 0 aromatic heterocycles. The van der Waals surface area contributed by atoms with Crippen molar-refractivity contribution in [2.75, 3.05) is 12.0 Å². The summed E-state index contributed by atoms with van der Waals surface area (Å²) in [6, 6.07) is 15.3. The lowest BCUT2D eigenvalue weighted by atomic mass is 9.95. The highest BCUT2D eigenvalue weighted by Crippen LogP contribution is 2.43. The number of anilines is 1. The molecule has 5 nitrogen and oxygen atoms in total. The Morgan fingerprint density at radius 1 is 1.03 bits per heavy atom. The van der Waals surface area contributed by atoms with Crippen molar-refractivity contribution in [2.45, 2.75) is 6.04 Å². The van der Waals surface area contributed by atoms with Crippen molar-refractivity contribution in [1.29, 1.82) is 0 Å². The summed E-state index contributed by atoms with van der Waals surface area (Å²) in [5.74, 6) is -2.32. The summed E-state index contributed by atoms with van der Waals surface area (Å²) >= 11 is 12.2. The van der Waals surface area contributed by atoms with Gasteiger partial charge in [-0.05, 0) is 54.1 Å². The second-order valence-corrected chi connectivity index (χ2v) is 7.89. The van der Waals surface area contributed by atoms with Crippen LogP contribution in [0.25, 0.3) is 5.76 Å². The normalized spacial score (nSPS) is 17.6. The third-order valence-corrected chi connectivity index (χ3v) is 5.69. The molecular weight excluding hydrogens is 456 g/mol. The zero-order valence-electron chi connectivity index (χ0n) is 16.7. The van der Waals surface area contributed by atoms with Crippen molar-refractivity contribution >= 4 is 46.3 Å². The van der Waals surface area contributed by atoms with Crippen LogP contribution in [-0.4, -0.2) is 23.9 Å². The zero-order chi connectivity index (χ0) is 23.0. The van der Waals surface area contributed by atoms with Gasteiger partial charge in [-0.1, -0.05) is 41.4 Å². The number of methoxy groups -OCH3 is 1. The molecule has 1 saturated heterocycles. The molecule has 32 heavy (non-hydrogen) atoms. The number of carbonyl (C=O) groups is 2. The van der Waals surface area contributed by atoms with Crippen LogP contribution in [0.2, 0.25) is 10.0 Å². The van der Waals surface area contributed by atoms with E-state index in [1.54, 1.807) is 18.2 Å². The zero-order valence-corrected chi connectivity index (χ0v) is 18.2. The molecule has 1 aliphatic heterocycles. The van der Waals surface area contributed by atoms with Crippen LogP contribution in [-0.2, 0) is 9.59 Å². The summed E-state index contributed by atoms with van der Waals surface area (Å²) in [5.41, 5.74) is 0.892. The highest BCUT2D eigenvalue weighted by Gasteiger charge is 2.47. The van der Waals surface area contributed by atoms with Gasteiger partial charge in [-0.2, -0.15) is 0 Å². The van der Waals surface area contributed by atoms with Crippen LogP contribution in [0.1, 0.15) is 17.2 Å². The minimum Gasteiger partial charge on any atom is -0.507 e. The van der Waals surface area contributed by atoms with E-state index < -0.39 is 29.3 Å². The largest absolute Gasteiger partial charge is 0.507 e. The average molecular weight is 472 g/mol. The summed E-state index contributed by atoms with van der Waals surface area (Å²) in [4.78, 5) is 27.4. The number of ketones is 1. The number of aliphatic hydroxyl groups is 1. The Labute approximate surface area is 193 Å². The van der Waals surface area contributed by atoms with E-state index in [0.717, 1.165) is 0 Å². The van der Waals surface area contributed by atoms with Crippen LogP contribution < -0.4 is 9.64 Å². The lowest BCUT2D eigenvalue weighted by molar-refractivity contribution is -0.132. The van der Waals surface area contributed by atoms with Crippen molar-refractivity contribution in [1.82, 2.24) is 0 Å². The Balaban J connectivity index is 1.95. The van der Waals surface area contributed by atoms with Crippen molar-refractivity contribution in [2.24, 2.45) is 0 Å². The first-order valence-corrected chi connectivity index (χ1v) is 10.2. The molecule has 0 aliphatic carbocycles. The summed E-state index contributed by atoms with van der Waals surface area (Å²) < 4.78 is 18.8. The van der Waals surface area contributed by atoms with E-state index >= 15 is 0 Å². The quantitative estimate of drug-likeness (QED) is 0.298. The van der Waals surface area contributed by atoms with Crippen LogP contribution >= 0.6 is 23.2 Å². The molecule has 1 atom stereocenters. The van der Waals surface area contributed by atoms with Gasteiger partial charge in [0, 0.05) is 16.3 Å². The Morgan fingerprint density at radius 2 is 1.75 bits per heavy atom. The molecule has 0 spiro atoms. The molecule has 0 bridgehead atoms. The SMILES string of the molecule is COc1cc(/C(O)=C2\C(=O)C(=O)N(c3cccc(Cl)c3)C2c2ccc(F)cc2)ccc1Cl. The van der Waals surface area contributed by atoms with Crippen LogP contribution in [0, 0.1) is 5.82 Å². The summed E-state index contributed by atoms with van der Waals surface area (Å²) in [6.07, 6.45) is 0. The third-order valence-electron chi connectivity index (χ3n) is 5.14. The minimum atomic E-state index is -1.00. The Bertz CT molecular complexity index is 1260. The van der Waals surface area contributed by atoms with Crippen molar-refractivity contribution in [3.05, 3.63) is 99.3 Å². The Morgan fingerprint density at radius 3 is 2.41 bits per heavy atom. The van der Waals surface area contributed by atoms with Gasteiger partial charge in [-0.15, -0.1) is 0 Å².